The number of carbonyl (C=O) groups excluding carboxylic acids is 1. The van der Waals surface area contributed by atoms with E-state index in [1.54, 1.807) is 37.2 Å². The maximum atomic E-state index is 14.2. The maximum absolute atomic E-state index is 14.2. The van der Waals surface area contributed by atoms with Gasteiger partial charge < -0.3 is 16.0 Å². The van der Waals surface area contributed by atoms with Crippen molar-refractivity contribution in [1.29, 1.82) is 0 Å². The van der Waals surface area contributed by atoms with Crippen molar-refractivity contribution < 1.29 is 9.18 Å². The highest BCUT2D eigenvalue weighted by molar-refractivity contribution is 5.99. The van der Waals surface area contributed by atoms with E-state index < -0.39 is 11.9 Å². The number of pyridine rings is 1. The molecule has 0 aliphatic heterocycles. The predicted octanol–water partition coefficient (Wildman–Crippen LogP) is 2.23. The van der Waals surface area contributed by atoms with Crippen LogP contribution in [0.5, 0.6) is 0 Å². The Hall–Kier alpha value is -2.37. The van der Waals surface area contributed by atoms with Gasteiger partial charge >= 0.3 is 0 Å². The van der Waals surface area contributed by atoms with Gasteiger partial charge in [-0.2, -0.15) is 0 Å². The molecule has 0 saturated carbocycles. The first-order valence-corrected chi connectivity index (χ1v) is 6.80. The Bertz CT molecular complexity index is 674. The summed E-state index contributed by atoms with van der Waals surface area (Å²) in [6.07, 6.45) is 1.57. The summed E-state index contributed by atoms with van der Waals surface area (Å²) < 4.78 is 14.2. The fourth-order valence-electron chi connectivity index (χ4n) is 2.14. The van der Waals surface area contributed by atoms with Crippen molar-refractivity contribution in [3.05, 3.63) is 30.2 Å². The van der Waals surface area contributed by atoms with E-state index >= 15 is 0 Å². The zero-order chi connectivity index (χ0) is 15.6. The second kappa shape index (κ2) is 5.95. The third-order valence-corrected chi connectivity index (χ3v) is 3.46. The molecule has 2 rings (SSSR count). The third-order valence-electron chi connectivity index (χ3n) is 3.46. The molecule has 0 radical (unpaired) electrons. The molecule has 0 fully saturated rings. The number of hydrogen-bond donors (Lipinski definition) is 2. The molecule has 0 aliphatic rings. The summed E-state index contributed by atoms with van der Waals surface area (Å²) >= 11 is 0. The summed E-state index contributed by atoms with van der Waals surface area (Å²) in [7, 11) is 1.70. The van der Waals surface area contributed by atoms with Gasteiger partial charge in [0.15, 0.2) is 5.82 Å². The van der Waals surface area contributed by atoms with Crippen molar-refractivity contribution in [1.82, 2.24) is 9.88 Å². The molecule has 112 valence electrons. The highest BCUT2D eigenvalue weighted by Crippen LogP contribution is 2.30. The minimum absolute atomic E-state index is 0.113. The van der Waals surface area contributed by atoms with Crippen LogP contribution >= 0.6 is 0 Å². The maximum Gasteiger partial charge on any atom is 0.244 e. The standard InChI is InChI=1S/C15H19FN4O/c1-4-20(3)15(21)9(2)19-14-11(16)8-12(17)10-6-5-7-18-13(10)14/h5-9,19H,4,17H2,1-3H3. The van der Waals surface area contributed by atoms with Gasteiger partial charge in [-0.25, -0.2) is 4.39 Å². The number of halogens is 1. The van der Waals surface area contributed by atoms with Crippen molar-refractivity contribution in [2.24, 2.45) is 0 Å². The lowest BCUT2D eigenvalue weighted by Gasteiger charge is -2.22. The number of nitrogen functional groups attached to an aromatic ring is 1. The largest absolute Gasteiger partial charge is 0.398 e. The van der Waals surface area contributed by atoms with E-state index in [4.69, 9.17) is 5.73 Å². The minimum Gasteiger partial charge on any atom is -0.398 e. The fourth-order valence-corrected chi connectivity index (χ4v) is 2.14. The Morgan fingerprint density at radius 2 is 2.29 bits per heavy atom. The van der Waals surface area contributed by atoms with E-state index in [9.17, 15) is 9.18 Å². The average molecular weight is 290 g/mol. The van der Waals surface area contributed by atoms with Crippen LogP contribution in [0.15, 0.2) is 24.4 Å². The molecule has 1 aromatic heterocycles. The summed E-state index contributed by atoms with van der Waals surface area (Å²) in [6, 6.07) is 4.19. The Labute approximate surface area is 122 Å². The lowest BCUT2D eigenvalue weighted by Crippen LogP contribution is -2.39. The van der Waals surface area contributed by atoms with Crippen molar-refractivity contribution in [3.63, 3.8) is 0 Å². The van der Waals surface area contributed by atoms with E-state index in [0.29, 0.717) is 23.1 Å². The van der Waals surface area contributed by atoms with Crippen molar-refractivity contribution in [3.8, 4) is 0 Å². The number of amides is 1. The Kier molecular flexibility index (Phi) is 4.26. The normalized spacial score (nSPS) is 12.2. The van der Waals surface area contributed by atoms with Gasteiger partial charge in [-0.05, 0) is 32.0 Å². The highest BCUT2D eigenvalue weighted by Gasteiger charge is 2.20. The average Bonchev–Trinajstić information content (AvgIpc) is 2.49. The number of nitrogens with one attached hydrogen (secondary N) is 1. The van der Waals surface area contributed by atoms with Crippen molar-refractivity contribution in [2.45, 2.75) is 19.9 Å². The molecule has 5 nitrogen and oxygen atoms in total. The first kappa shape index (κ1) is 15.0. The van der Waals surface area contributed by atoms with Crippen LogP contribution in [0.25, 0.3) is 10.9 Å². The summed E-state index contributed by atoms with van der Waals surface area (Å²) in [6.45, 7) is 4.17. The molecule has 0 saturated heterocycles. The minimum atomic E-state index is -0.557. The number of anilines is 2. The van der Waals surface area contributed by atoms with Gasteiger partial charge in [0.1, 0.15) is 6.04 Å². The molecule has 1 unspecified atom stereocenters. The van der Waals surface area contributed by atoms with E-state index in [1.165, 1.54) is 6.07 Å². The van der Waals surface area contributed by atoms with Gasteiger partial charge in [-0.1, -0.05) is 0 Å². The molecule has 21 heavy (non-hydrogen) atoms. The van der Waals surface area contributed by atoms with E-state index in [1.807, 2.05) is 6.92 Å². The molecule has 1 amide bonds. The van der Waals surface area contributed by atoms with Crippen LogP contribution in [0.3, 0.4) is 0 Å². The number of benzene rings is 1. The predicted molar refractivity (Wildman–Crippen MR) is 82.5 cm³/mol. The molecule has 1 aromatic carbocycles. The van der Waals surface area contributed by atoms with Crippen LogP contribution in [0.2, 0.25) is 0 Å². The number of hydrogen-bond acceptors (Lipinski definition) is 4. The van der Waals surface area contributed by atoms with Crippen LogP contribution < -0.4 is 11.1 Å². The monoisotopic (exact) mass is 290 g/mol. The lowest BCUT2D eigenvalue weighted by atomic mass is 10.1. The molecule has 0 spiro atoms. The van der Waals surface area contributed by atoms with E-state index in [0.717, 1.165) is 0 Å². The fraction of sp³-hybridized carbons (Fsp3) is 0.333. The summed E-state index contributed by atoms with van der Waals surface area (Å²) in [5.41, 5.74) is 6.75. The number of carbonyl (C=O) groups is 1. The van der Waals surface area contributed by atoms with Crippen LogP contribution in [-0.2, 0) is 4.79 Å². The molecule has 1 atom stereocenters. The molecule has 1 heterocycles. The number of aromatic nitrogens is 1. The Morgan fingerprint density at radius 3 is 2.95 bits per heavy atom. The van der Waals surface area contributed by atoms with E-state index in [-0.39, 0.29) is 11.6 Å². The van der Waals surface area contributed by atoms with Crippen molar-refractivity contribution >= 4 is 28.2 Å². The highest BCUT2D eigenvalue weighted by atomic mass is 19.1. The van der Waals surface area contributed by atoms with Crippen LogP contribution in [0.4, 0.5) is 15.8 Å². The Balaban J connectivity index is 2.41. The van der Waals surface area contributed by atoms with Gasteiger partial charge in [0.2, 0.25) is 5.91 Å². The first-order chi connectivity index (χ1) is 9.95. The third kappa shape index (κ3) is 2.89. The number of nitrogens with two attached hydrogens (primary N) is 1. The zero-order valence-corrected chi connectivity index (χ0v) is 12.4. The smallest absolute Gasteiger partial charge is 0.244 e. The lowest BCUT2D eigenvalue weighted by molar-refractivity contribution is -0.130. The molecule has 2 aromatic rings. The van der Waals surface area contributed by atoms with Crippen LogP contribution in [0, 0.1) is 5.82 Å². The number of fused-ring (bicyclic) bond motifs is 1. The van der Waals surface area contributed by atoms with Crippen LogP contribution in [-0.4, -0.2) is 35.4 Å². The summed E-state index contributed by atoms with van der Waals surface area (Å²) in [4.78, 5) is 17.8. The van der Waals surface area contributed by atoms with Crippen molar-refractivity contribution in [2.75, 3.05) is 24.6 Å². The molecule has 6 heteroatoms. The van der Waals surface area contributed by atoms with Gasteiger partial charge in [0, 0.05) is 30.9 Å². The zero-order valence-electron chi connectivity index (χ0n) is 12.4. The quantitative estimate of drug-likeness (QED) is 0.847. The molecule has 3 N–H and O–H groups in total. The number of nitrogens with zero attached hydrogens (tertiary/aromatic N) is 2. The molecular weight excluding hydrogens is 271 g/mol. The first-order valence-electron chi connectivity index (χ1n) is 6.80. The number of likely N-dealkylation sites (N-methyl/N-ethyl adjacent to an activating group) is 1. The topological polar surface area (TPSA) is 71.2 Å². The van der Waals surface area contributed by atoms with Gasteiger partial charge in [-0.15, -0.1) is 0 Å². The molecule has 0 aliphatic carbocycles. The van der Waals surface area contributed by atoms with Gasteiger partial charge in [-0.3, -0.25) is 9.78 Å². The second-order valence-electron chi connectivity index (χ2n) is 4.94. The summed E-state index contributed by atoms with van der Waals surface area (Å²) in [5, 5.41) is 3.57. The van der Waals surface area contributed by atoms with Crippen LogP contribution in [0.1, 0.15) is 13.8 Å². The molecule has 0 bridgehead atoms. The Morgan fingerprint density at radius 1 is 1.57 bits per heavy atom. The van der Waals surface area contributed by atoms with E-state index in [2.05, 4.69) is 10.3 Å². The van der Waals surface area contributed by atoms with Gasteiger partial charge in [0.25, 0.3) is 0 Å². The van der Waals surface area contributed by atoms with Gasteiger partial charge in [0.05, 0.1) is 11.2 Å². The SMILES string of the molecule is CCN(C)C(=O)C(C)Nc1c(F)cc(N)c2cccnc12. The second-order valence-corrected chi connectivity index (χ2v) is 4.94. The molecular formula is C15H19FN4O. The number of rotatable bonds is 4. The summed E-state index contributed by atoms with van der Waals surface area (Å²) in [5.74, 6) is -0.629.